The van der Waals surface area contributed by atoms with Crippen LogP contribution in [0.5, 0.6) is 0 Å². The van der Waals surface area contributed by atoms with Gasteiger partial charge in [-0.1, -0.05) is 0 Å². The average Bonchev–Trinajstić information content (AvgIpc) is 2.65. The number of rotatable bonds is 11. The third-order valence-electron chi connectivity index (χ3n) is 4.79. The second kappa shape index (κ2) is 15.9. The Bertz CT molecular complexity index is 499. The largest absolute Gasteiger partial charge is 0.401 e. The SMILES string of the molecule is CCOCCCNC(=NCC(=O)N(C)C)NCCC1CCN(CC(F)(F)F)CC1.I. The van der Waals surface area contributed by atoms with Crippen LogP contribution in [0.4, 0.5) is 13.2 Å². The molecule has 0 spiro atoms. The number of likely N-dealkylation sites (tertiary alicyclic amines) is 1. The van der Waals surface area contributed by atoms with E-state index in [1.54, 1.807) is 14.1 Å². The zero-order valence-electron chi connectivity index (χ0n) is 18.3. The maximum absolute atomic E-state index is 12.5. The Kier molecular flexibility index (Phi) is 15.5. The fourth-order valence-corrected chi connectivity index (χ4v) is 3.07. The topological polar surface area (TPSA) is 69.2 Å². The fraction of sp³-hybridized carbons (Fsp3) is 0.895. The Labute approximate surface area is 195 Å². The summed E-state index contributed by atoms with van der Waals surface area (Å²) < 4.78 is 42.7. The first kappa shape index (κ1) is 29.2. The van der Waals surface area contributed by atoms with E-state index in [0.717, 1.165) is 25.7 Å². The van der Waals surface area contributed by atoms with Gasteiger partial charge in [-0.25, -0.2) is 4.99 Å². The van der Waals surface area contributed by atoms with Crippen molar-refractivity contribution in [3.63, 3.8) is 0 Å². The van der Waals surface area contributed by atoms with Gasteiger partial charge in [-0.2, -0.15) is 13.2 Å². The number of guanidine groups is 1. The predicted octanol–water partition coefficient (Wildman–Crippen LogP) is 2.32. The van der Waals surface area contributed by atoms with Crippen molar-refractivity contribution in [1.82, 2.24) is 20.4 Å². The van der Waals surface area contributed by atoms with E-state index in [9.17, 15) is 18.0 Å². The number of amides is 1. The molecular formula is C19H37F3IN5O2. The molecule has 30 heavy (non-hydrogen) atoms. The Hall–Kier alpha value is -0.820. The predicted molar refractivity (Wildman–Crippen MR) is 123 cm³/mol. The number of hydrogen-bond donors (Lipinski definition) is 2. The molecule has 0 aromatic rings. The second-order valence-electron chi connectivity index (χ2n) is 7.48. The van der Waals surface area contributed by atoms with E-state index in [2.05, 4.69) is 15.6 Å². The molecule has 7 nitrogen and oxygen atoms in total. The van der Waals surface area contributed by atoms with Gasteiger partial charge in [0.2, 0.25) is 5.91 Å². The number of aliphatic imine (C=N–C) groups is 1. The molecule has 1 amide bonds. The van der Waals surface area contributed by atoms with E-state index >= 15 is 0 Å². The highest BCUT2D eigenvalue weighted by Gasteiger charge is 2.32. The Balaban J connectivity index is 0.00000841. The highest BCUT2D eigenvalue weighted by atomic mass is 127. The van der Waals surface area contributed by atoms with Gasteiger partial charge in [0.15, 0.2) is 5.96 Å². The van der Waals surface area contributed by atoms with Crippen molar-refractivity contribution in [2.75, 3.05) is 66.6 Å². The first-order chi connectivity index (χ1) is 13.7. The number of alkyl halides is 3. The zero-order chi connectivity index (χ0) is 21.7. The number of halogens is 4. The number of ether oxygens (including phenoxy) is 1. The van der Waals surface area contributed by atoms with Crippen LogP contribution in [0.2, 0.25) is 0 Å². The zero-order valence-corrected chi connectivity index (χ0v) is 20.6. The summed E-state index contributed by atoms with van der Waals surface area (Å²) in [5.41, 5.74) is 0. The number of carbonyl (C=O) groups excluding carboxylic acids is 1. The van der Waals surface area contributed by atoms with E-state index in [0.29, 0.717) is 51.3 Å². The quantitative estimate of drug-likeness (QED) is 0.179. The van der Waals surface area contributed by atoms with Crippen molar-refractivity contribution in [2.45, 2.75) is 38.8 Å². The number of nitrogens with zero attached hydrogens (tertiary/aromatic N) is 3. The molecule has 0 unspecified atom stereocenters. The van der Waals surface area contributed by atoms with E-state index in [1.807, 2.05) is 6.92 Å². The van der Waals surface area contributed by atoms with Crippen LogP contribution >= 0.6 is 24.0 Å². The molecule has 0 radical (unpaired) electrons. The molecule has 1 rings (SSSR count). The number of carbonyl (C=O) groups is 1. The molecule has 1 fully saturated rings. The first-order valence-electron chi connectivity index (χ1n) is 10.3. The van der Waals surface area contributed by atoms with E-state index < -0.39 is 12.7 Å². The normalized spacial score (nSPS) is 16.1. The van der Waals surface area contributed by atoms with Gasteiger partial charge >= 0.3 is 6.18 Å². The maximum Gasteiger partial charge on any atom is 0.401 e. The van der Waals surface area contributed by atoms with Crippen LogP contribution in [0.25, 0.3) is 0 Å². The molecule has 0 aromatic heterocycles. The lowest BCUT2D eigenvalue weighted by molar-refractivity contribution is -0.148. The molecular weight excluding hydrogens is 514 g/mol. The van der Waals surface area contributed by atoms with Gasteiger partial charge in [-0.05, 0) is 51.6 Å². The van der Waals surface area contributed by atoms with Gasteiger partial charge in [0.05, 0.1) is 6.54 Å². The third-order valence-corrected chi connectivity index (χ3v) is 4.79. The number of piperidine rings is 1. The third kappa shape index (κ3) is 14.2. The van der Waals surface area contributed by atoms with Crippen molar-refractivity contribution in [2.24, 2.45) is 10.9 Å². The lowest BCUT2D eigenvalue weighted by Crippen LogP contribution is -2.42. The van der Waals surface area contributed by atoms with Gasteiger partial charge in [0.1, 0.15) is 6.54 Å². The number of nitrogens with one attached hydrogen (secondary N) is 2. The lowest BCUT2D eigenvalue weighted by Gasteiger charge is -2.32. The highest BCUT2D eigenvalue weighted by molar-refractivity contribution is 14.0. The smallest absolute Gasteiger partial charge is 0.382 e. The van der Waals surface area contributed by atoms with Crippen LogP contribution in [0.1, 0.15) is 32.6 Å². The van der Waals surface area contributed by atoms with Gasteiger partial charge in [0, 0.05) is 40.4 Å². The standard InChI is InChI=1S/C19H36F3N5O2.HI/c1-4-29-13-5-9-23-18(25-14-17(28)26(2)3)24-10-6-16-7-11-27(12-8-16)15-19(20,21)22;/h16H,4-15H2,1-3H3,(H2,23,24,25);1H. The molecule has 1 aliphatic heterocycles. The second-order valence-corrected chi connectivity index (χ2v) is 7.48. The minimum absolute atomic E-state index is 0. The summed E-state index contributed by atoms with van der Waals surface area (Å²) in [5, 5.41) is 6.43. The van der Waals surface area contributed by atoms with E-state index in [1.165, 1.54) is 9.80 Å². The highest BCUT2D eigenvalue weighted by Crippen LogP contribution is 2.23. The van der Waals surface area contributed by atoms with Gasteiger partial charge in [-0.3, -0.25) is 9.69 Å². The van der Waals surface area contributed by atoms with Crippen LogP contribution < -0.4 is 10.6 Å². The summed E-state index contributed by atoms with van der Waals surface area (Å²) in [7, 11) is 3.37. The van der Waals surface area contributed by atoms with Crippen molar-refractivity contribution >= 4 is 35.8 Å². The Morgan fingerprint density at radius 2 is 1.83 bits per heavy atom. The molecule has 1 saturated heterocycles. The van der Waals surface area contributed by atoms with Gasteiger partial charge < -0.3 is 20.3 Å². The monoisotopic (exact) mass is 551 g/mol. The van der Waals surface area contributed by atoms with Crippen LogP contribution in [0.3, 0.4) is 0 Å². The van der Waals surface area contributed by atoms with Crippen LogP contribution in [0, 0.1) is 5.92 Å². The maximum atomic E-state index is 12.5. The summed E-state index contributed by atoms with van der Waals surface area (Å²) in [5.74, 6) is 0.887. The summed E-state index contributed by atoms with van der Waals surface area (Å²) in [6.45, 7) is 4.83. The van der Waals surface area contributed by atoms with Crippen molar-refractivity contribution < 1.29 is 22.7 Å². The molecule has 0 saturated carbocycles. The summed E-state index contributed by atoms with van der Waals surface area (Å²) >= 11 is 0. The molecule has 11 heteroatoms. The van der Waals surface area contributed by atoms with Crippen LogP contribution in [0.15, 0.2) is 4.99 Å². The van der Waals surface area contributed by atoms with E-state index in [-0.39, 0.29) is 36.4 Å². The molecule has 0 atom stereocenters. The van der Waals surface area contributed by atoms with E-state index in [4.69, 9.17) is 4.74 Å². The minimum Gasteiger partial charge on any atom is -0.382 e. The summed E-state index contributed by atoms with van der Waals surface area (Å²) in [6, 6.07) is 0. The molecule has 0 bridgehead atoms. The molecule has 0 aromatic carbocycles. The fourth-order valence-electron chi connectivity index (χ4n) is 3.07. The average molecular weight is 551 g/mol. The molecule has 178 valence electrons. The van der Waals surface area contributed by atoms with Crippen molar-refractivity contribution in [3.8, 4) is 0 Å². The Morgan fingerprint density at radius 1 is 1.20 bits per heavy atom. The first-order valence-corrected chi connectivity index (χ1v) is 10.3. The van der Waals surface area contributed by atoms with Crippen LogP contribution in [-0.4, -0.2) is 94.4 Å². The molecule has 1 heterocycles. The number of hydrogen-bond acceptors (Lipinski definition) is 4. The lowest BCUT2D eigenvalue weighted by atomic mass is 9.93. The summed E-state index contributed by atoms with van der Waals surface area (Å²) in [4.78, 5) is 19.1. The minimum atomic E-state index is -4.13. The van der Waals surface area contributed by atoms with Crippen molar-refractivity contribution in [1.29, 1.82) is 0 Å². The molecule has 2 N–H and O–H groups in total. The van der Waals surface area contributed by atoms with Crippen molar-refractivity contribution in [3.05, 3.63) is 0 Å². The summed E-state index contributed by atoms with van der Waals surface area (Å²) in [6.07, 6.45) is -0.900. The molecule has 1 aliphatic rings. The Morgan fingerprint density at radius 3 is 2.40 bits per heavy atom. The van der Waals surface area contributed by atoms with Gasteiger partial charge in [-0.15, -0.1) is 24.0 Å². The number of likely N-dealkylation sites (N-methyl/N-ethyl adjacent to an activating group) is 1. The van der Waals surface area contributed by atoms with Gasteiger partial charge in [0.25, 0.3) is 0 Å². The van der Waals surface area contributed by atoms with Crippen LogP contribution in [-0.2, 0) is 9.53 Å². The molecule has 0 aliphatic carbocycles.